The molecule has 1 rings (SSSR count). The van der Waals surface area contributed by atoms with Crippen LogP contribution in [0.3, 0.4) is 0 Å². The molecular weight excluding hydrogens is 328 g/mol. The minimum atomic E-state index is -0.981. The molecular formula is C14H24O10. The Morgan fingerprint density at radius 3 is 1.00 bits per heavy atom. The van der Waals surface area contributed by atoms with Gasteiger partial charge in [0.25, 0.3) is 0 Å². The summed E-state index contributed by atoms with van der Waals surface area (Å²) in [6.45, 7) is 10.2. The number of carboxylic acids is 3. The number of epoxide rings is 1. The molecule has 6 N–H and O–H groups in total. The number of hydrogen-bond acceptors (Lipinski definition) is 7. The second kappa shape index (κ2) is 25.4. The van der Waals surface area contributed by atoms with E-state index < -0.39 is 24.0 Å². The Hall–Kier alpha value is -2.53. The van der Waals surface area contributed by atoms with Crippen molar-refractivity contribution in [3.63, 3.8) is 0 Å². The minimum absolute atomic E-state index is 0.365. The molecule has 0 aromatic heterocycles. The summed E-state index contributed by atoms with van der Waals surface area (Å²) in [5, 5.41) is 46.8. The Morgan fingerprint density at radius 1 is 0.833 bits per heavy atom. The van der Waals surface area contributed by atoms with Gasteiger partial charge in [-0.25, -0.2) is 14.4 Å². The number of aliphatic hydroxyl groups is 3. The average Bonchev–Trinajstić information content (AvgIpc) is 3.44. The molecule has 0 amide bonds. The predicted octanol–water partition coefficient (Wildman–Crippen LogP) is -0.880. The van der Waals surface area contributed by atoms with Crippen LogP contribution >= 0.6 is 0 Å². The SMILES string of the molecule is C1CO1.C=CC(=O)O.C=CC(=O)O.C=CC(=O)O.OCC(O)CO. The maximum absolute atomic E-state index is 9.25. The molecule has 0 radical (unpaired) electrons. The van der Waals surface area contributed by atoms with E-state index >= 15 is 0 Å². The van der Waals surface area contributed by atoms with Crippen LogP contribution in [0.25, 0.3) is 0 Å². The standard InChI is InChI=1S/C3H8O3.3C3H4O2.C2H4O/c4-1-3(6)2-5;3*1-2-3(4)5;1-2-3-1/h3-6H,1-2H2;3*2H,1H2,(H,4,5);1-2H2. The summed E-state index contributed by atoms with van der Waals surface area (Å²) in [6.07, 6.45) is 1.55. The molecule has 1 heterocycles. The van der Waals surface area contributed by atoms with Gasteiger partial charge in [-0.15, -0.1) is 0 Å². The Morgan fingerprint density at radius 2 is 1.00 bits per heavy atom. The molecule has 0 spiro atoms. The lowest BCUT2D eigenvalue weighted by atomic mass is 10.4. The van der Waals surface area contributed by atoms with E-state index in [4.69, 9.17) is 30.6 Å². The first kappa shape index (κ1) is 29.5. The van der Waals surface area contributed by atoms with Crippen LogP contribution in [-0.2, 0) is 19.1 Å². The molecule has 140 valence electrons. The lowest BCUT2D eigenvalue weighted by molar-refractivity contribution is -0.132. The second-order valence-corrected chi connectivity index (χ2v) is 3.26. The highest BCUT2D eigenvalue weighted by Gasteiger charge is 1.94. The third kappa shape index (κ3) is 92.6. The normalized spacial score (nSPS) is 9.50. The van der Waals surface area contributed by atoms with Crippen LogP contribution in [0.4, 0.5) is 0 Å². The van der Waals surface area contributed by atoms with Crippen molar-refractivity contribution in [3.8, 4) is 0 Å². The third-order valence-corrected chi connectivity index (χ3v) is 1.15. The fourth-order valence-electron chi connectivity index (χ4n) is 0.0577. The molecule has 0 aliphatic carbocycles. The van der Waals surface area contributed by atoms with Crippen molar-refractivity contribution in [2.45, 2.75) is 6.10 Å². The Labute approximate surface area is 139 Å². The van der Waals surface area contributed by atoms with E-state index in [0.717, 1.165) is 31.4 Å². The number of aliphatic carboxylic acids is 3. The van der Waals surface area contributed by atoms with Crippen LogP contribution in [0.15, 0.2) is 38.0 Å². The number of carbonyl (C=O) groups is 3. The van der Waals surface area contributed by atoms with Crippen molar-refractivity contribution in [3.05, 3.63) is 38.0 Å². The summed E-state index contributed by atoms with van der Waals surface area (Å²) in [5.41, 5.74) is 0. The summed E-state index contributed by atoms with van der Waals surface area (Å²) >= 11 is 0. The smallest absolute Gasteiger partial charge is 0.327 e. The molecule has 0 bridgehead atoms. The highest BCUT2D eigenvalue weighted by Crippen LogP contribution is 1.84. The zero-order chi connectivity index (χ0) is 20.0. The van der Waals surface area contributed by atoms with Crippen molar-refractivity contribution in [2.24, 2.45) is 0 Å². The average molecular weight is 352 g/mol. The van der Waals surface area contributed by atoms with Crippen LogP contribution in [0.5, 0.6) is 0 Å². The number of aliphatic hydroxyl groups excluding tert-OH is 3. The van der Waals surface area contributed by atoms with E-state index in [9.17, 15) is 14.4 Å². The topological polar surface area (TPSA) is 185 Å². The van der Waals surface area contributed by atoms with E-state index in [1.54, 1.807) is 0 Å². The monoisotopic (exact) mass is 352 g/mol. The summed E-state index contributed by atoms with van der Waals surface area (Å²) in [7, 11) is 0. The highest BCUT2D eigenvalue weighted by molar-refractivity contribution is 5.79. The lowest BCUT2D eigenvalue weighted by Gasteiger charge is -1.96. The molecule has 24 heavy (non-hydrogen) atoms. The van der Waals surface area contributed by atoms with Crippen LogP contribution in [0.1, 0.15) is 0 Å². The minimum Gasteiger partial charge on any atom is -0.478 e. The zero-order valence-corrected chi connectivity index (χ0v) is 13.1. The fraction of sp³-hybridized carbons (Fsp3) is 0.357. The van der Waals surface area contributed by atoms with Gasteiger partial charge >= 0.3 is 17.9 Å². The van der Waals surface area contributed by atoms with Gasteiger partial charge < -0.3 is 35.4 Å². The predicted molar refractivity (Wildman–Crippen MR) is 84.5 cm³/mol. The Balaban J connectivity index is -0.000000105. The zero-order valence-electron chi connectivity index (χ0n) is 13.1. The van der Waals surface area contributed by atoms with E-state index in [1.807, 2.05) is 0 Å². The molecule has 0 atom stereocenters. The van der Waals surface area contributed by atoms with Crippen LogP contribution in [0.2, 0.25) is 0 Å². The van der Waals surface area contributed by atoms with Crippen molar-refractivity contribution >= 4 is 17.9 Å². The fourth-order valence-corrected chi connectivity index (χ4v) is 0.0577. The van der Waals surface area contributed by atoms with E-state index in [0.29, 0.717) is 0 Å². The number of carboxylic acid groups (broad SMARTS) is 3. The number of ether oxygens (including phenoxy) is 1. The summed E-state index contributed by atoms with van der Waals surface area (Å²) in [5.74, 6) is -2.94. The summed E-state index contributed by atoms with van der Waals surface area (Å²) < 4.78 is 4.50. The molecule has 10 nitrogen and oxygen atoms in total. The molecule has 1 aliphatic rings. The van der Waals surface area contributed by atoms with Gasteiger partial charge in [0.1, 0.15) is 6.10 Å². The van der Waals surface area contributed by atoms with Crippen LogP contribution in [0, 0.1) is 0 Å². The van der Waals surface area contributed by atoms with Gasteiger partial charge in [-0.2, -0.15) is 0 Å². The number of rotatable bonds is 5. The maximum atomic E-state index is 9.25. The summed E-state index contributed by atoms with van der Waals surface area (Å²) in [4.78, 5) is 27.8. The summed E-state index contributed by atoms with van der Waals surface area (Å²) in [6, 6.07) is 0. The van der Waals surface area contributed by atoms with Crippen LogP contribution < -0.4 is 0 Å². The molecule has 0 unspecified atom stereocenters. The largest absolute Gasteiger partial charge is 0.478 e. The van der Waals surface area contributed by atoms with Gasteiger partial charge in [0.05, 0.1) is 26.4 Å². The first-order valence-corrected chi connectivity index (χ1v) is 6.16. The van der Waals surface area contributed by atoms with E-state index in [1.165, 1.54) is 0 Å². The maximum Gasteiger partial charge on any atom is 0.327 e. The van der Waals surface area contributed by atoms with Gasteiger partial charge in [0, 0.05) is 18.2 Å². The third-order valence-electron chi connectivity index (χ3n) is 1.15. The van der Waals surface area contributed by atoms with E-state index in [2.05, 4.69) is 24.5 Å². The number of hydrogen-bond donors (Lipinski definition) is 6. The molecule has 1 fully saturated rings. The first-order valence-electron chi connectivity index (χ1n) is 6.16. The Bertz CT molecular complexity index is 313. The molecule has 0 aromatic carbocycles. The molecule has 1 saturated heterocycles. The van der Waals surface area contributed by atoms with Crippen molar-refractivity contribution in [2.75, 3.05) is 26.4 Å². The van der Waals surface area contributed by atoms with Gasteiger partial charge in [-0.05, 0) is 0 Å². The highest BCUT2D eigenvalue weighted by atomic mass is 16.6. The van der Waals surface area contributed by atoms with E-state index in [-0.39, 0.29) is 13.2 Å². The lowest BCUT2D eigenvalue weighted by Crippen LogP contribution is -2.15. The molecule has 10 heteroatoms. The first-order chi connectivity index (χ1) is 11.1. The quantitative estimate of drug-likeness (QED) is 0.268. The van der Waals surface area contributed by atoms with Gasteiger partial charge in [0.2, 0.25) is 0 Å². The van der Waals surface area contributed by atoms with Gasteiger partial charge in [-0.3, -0.25) is 0 Å². The van der Waals surface area contributed by atoms with Gasteiger partial charge in [0.15, 0.2) is 0 Å². The molecule has 0 saturated carbocycles. The molecule has 0 aromatic rings. The molecule has 1 aliphatic heterocycles. The van der Waals surface area contributed by atoms with Crippen molar-refractivity contribution in [1.82, 2.24) is 0 Å². The second-order valence-electron chi connectivity index (χ2n) is 3.26. The van der Waals surface area contributed by atoms with Crippen molar-refractivity contribution < 1.29 is 49.8 Å². The Kier molecular flexibility index (Phi) is 31.2. The van der Waals surface area contributed by atoms with Crippen molar-refractivity contribution in [1.29, 1.82) is 0 Å². The van der Waals surface area contributed by atoms with Gasteiger partial charge in [-0.1, -0.05) is 19.7 Å². The van der Waals surface area contributed by atoms with Crippen LogP contribution in [-0.4, -0.2) is 81.1 Å².